The maximum atomic E-state index is 11.8. The van der Waals surface area contributed by atoms with Crippen molar-refractivity contribution in [2.24, 2.45) is 11.8 Å². The average molecular weight is 283 g/mol. The lowest BCUT2D eigenvalue weighted by Crippen LogP contribution is -2.35. The highest BCUT2D eigenvalue weighted by Gasteiger charge is 2.33. The Morgan fingerprint density at radius 3 is 2.80 bits per heavy atom. The van der Waals surface area contributed by atoms with E-state index in [4.69, 9.17) is 19.1 Å². The lowest BCUT2D eigenvalue weighted by Gasteiger charge is -2.33. The number of hydrogen-bond acceptors (Lipinski definition) is 6. The van der Waals surface area contributed by atoms with Crippen LogP contribution in [0.15, 0.2) is 10.6 Å². The lowest BCUT2D eigenvalue weighted by atomic mass is 9.83. The van der Waals surface area contributed by atoms with Crippen LogP contribution in [0.4, 0.5) is 0 Å². The van der Waals surface area contributed by atoms with Crippen LogP contribution in [0.5, 0.6) is 5.88 Å². The minimum absolute atomic E-state index is 0.0470. The third kappa shape index (κ3) is 3.12. The quantitative estimate of drug-likeness (QED) is 0.801. The molecule has 112 valence electrons. The molecule has 1 fully saturated rings. The van der Waals surface area contributed by atoms with Crippen molar-refractivity contribution in [2.45, 2.75) is 38.7 Å². The van der Waals surface area contributed by atoms with Crippen molar-refractivity contribution in [1.82, 2.24) is 5.16 Å². The predicted octanol–water partition coefficient (Wildman–Crippen LogP) is 1.74. The molecule has 1 unspecified atom stereocenters. The van der Waals surface area contributed by atoms with Gasteiger partial charge in [-0.15, -0.1) is 0 Å². The summed E-state index contributed by atoms with van der Waals surface area (Å²) < 4.78 is 15.6. The highest BCUT2D eigenvalue weighted by molar-refractivity contribution is 5.77. The average Bonchev–Trinajstić information content (AvgIpc) is 2.81. The normalized spacial score (nSPS) is 23.2. The molecule has 6 nitrogen and oxygen atoms in total. The first-order valence-corrected chi connectivity index (χ1v) is 6.87. The molecule has 1 aliphatic carbocycles. The highest BCUT2D eigenvalue weighted by atomic mass is 16.5. The summed E-state index contributed by atoms with van der Waals surface area (Å²) in [4.78, 5) is 11.8. The van der Waals surface area contributed by atoms with E-state index in [2.05, 4.69) is 5.16 Å². The van der Waals surface area contributed by atoms with Gasteiger partial charge in [0.2, 0.25) is 0 Å². The van der Waals surface area contributed by atoms with E-state index < -0.39 is 5.92 Å². The summed E-state index contributed by atoms with van der Waals surface area (Å²) >= 11 is 0. The van der Waals surface area contributed by atoms with Crippen molar-refractivity contribution in [2.75, 3.05) is 13.7 Å². The first kappa shape index (κ1) is 14.8. The molecule has 1 aromatic heterocycles. The number of carbonyl (C=O) groups is 1. The number of hydrogen-bond donors (Lipinski definition) is 1. The lowest BCUT2D eigenvalue weighted by molar-refractivity contribution is -0.144. The van der Waals surface area contributed by atoms with Gasteiger partial charge >= 0.3 is 5.97 Å². The molecule has 1 saturated carbocycles. The maximum absolute atomic E-state index is 11.8. The Kier molecular flexibility index (Phi) is 4.65. The minimum atomic E-state index is -0.476. The number of aliphatic hydroxyl groups excluding tert-OH is 1. The van der Waals surface area contributed by atoms with Crippen molar-refractivity contribution in [1.29, 1.82) is 0 Å². The summed E-state index contributed by atoms with van der Waals surface area (Å²) in [6.45, 7) is 4.03. The Hall–Kier alpha value is -1.56. The summed E-state index contributed by atoms with van der Waals surface area (Å²) in [5, 5.41) is 12.8. The number of aliphatic hydroxyl groups is 1. The standard InChI is InChI=1S/C14H21NO5/c1-8(2)13(14(17)18-3)11-6-12(15-20-11)19-10-4-9(5-10)7-16/h6,8-10,13,16H,4-5,7H2,1-3H3. The Morgan fingerprint density at radius 1 is 1.55 bits per heavy atom. The number of aromatic nitrogens is 1. The molecule has 0 bridgehead atoms. The molecular formula is C14H21NO5. The SMILES string of the molecule is COC(=O)C(c1cc(OC2CC(CO)C2)no1)C(C)C. The number of ether oxygens (including phenoxy) is 2. The van der Waals surface area contributed by atoms with E-state index in [0.717, 1.165) is 12.8 Å². The molecule has 1 aromatic rings. The fourth-order valence-electron chi connectivity index (χ4n) is 2.41. The van der Waals surface area contributed by atoms with Crippen LogP contribution < -0.4 is 4.74 Å². The zero-order valence-corrected chi connectivity index (χ0v) is 12.0. The second-order valence-corrected chi connectivity index (χ2v) is 5.57. The van der Waals surface area contributed by atoms with Crippen LogP contribution in [0.25, 0.3) is 0 Å². The van der Waals surface area contributed by atoms with Gasteiger partial charge in [-0.2, -0.15) is 0 Å². The second kappa shape index (κ2) is 6.26. The molecular weight excluding hydrogens is 262 g/mol. The van der Waals surface area contributed by atoms with Crippen LogP contribution >= 0.6 is 0 Å². The molecule has 0 aromatic carbocycles. The minimum Gasteiger partial charge on any atom is -0.472 e. The molecule has 0 aliphatic heterocycles. The van der Waals surface area contributed by atoms with Gasteiger partial charge in [0.25, 0.3) is 5.88 Å². The Bertz CT molecular complexity index is 450. The third-order valence-corrected chi connectivity index (χ3v) is 3.67. The molecule has 1 aliphatic rings. The fourth-order valence-corrected chi connectivity index (χ4v) is 2.41. The molecule has 0 amide bonds. The first-order chi connectivity index (χ1) is 9.55. The van der Waals surface area contributed by atoms with Crippen LogP contribution in [0.3, 0.4) is 0 Å². The maximum Gasteiger partial charge on any atom is 0.316 e. The number of esters is 1. The highest BCUT2D eigenvalue weighted by Crippen LogP contribution is 2.33. The number of rotatable bonds is 6. The summed E-state index contributed by atoms with van der Waals surface area (Å²) in [7, 11) is 1.36. The molecule has 0 saturated heterocycles. The van der Waals surface area contributed by atoms with Crippen molar-refractivity contribution in [3.8, 4) is 5.88 Å². The number of methoxy groups -OCH3 is 1. The topological polar surface area (TPSA) is 81.8 Å². The number of nitrogens with zero attached hydrogens (tertiary/aromatic N) is 1. The van der Waals surface area contributed by atoms with Crippen LogP contribution in [0.2, 0.25) is 0 Å². The number of carbonyl (C=O) groups excluding carboxylic acids is 1. The van der Waals surface area contributed by atoms with Gasteiger partial charge in [0, 0.05) is 12.7 Å². The molecule has 6 heteroatoms. The summed E-state index contributed by atoms with van der Waals surface area (Å²) in [5.74, 6) is 0.398. The van der Waals surface area contributed by atoms with Gasteiger partial charge < -0.3 is 19.1 Å². The van der Waals surface area contributed by atoms with Crippen LogP contribution in [0, 0.1) is 11.8 Å². The van der Waals surface area contributed by atoms with Gasteiger partial charge in [-0.25, -0.2) is 0 Å². The van der Waals surface area contributed by atoms with E-state index in [-0.39, 0.29) is 24.6 Å². The molecule has 20 heavy (non-hydrogen) atoms. The van der Waals surface area contributed by atoms with Crippen LogP contribution in [0.1, 0.15) is 38.4 Å². The van der Waals surface area contributed by atoms with E-state index in [1.54, 1.807) is 6.07 Å². The van der Waals surface area contributed by atoms with Crippen LogP contribution in [-0.4, -0.2) is 36.1 Å². The van der Waals surface area contributed by atoms with Gasteiger partial charge in [-0.1, -0.05) is 13.8 Å². The van der Waals surface area contributed by atoms with Gasteiger partial charge in [-0.05, 0) is 29.8 Å². The molecule has 0 radical (unpaired) electrons. The molecule has 1 heterocycles. The first-order valence-electron chi connectivity index (χ1n) is 6.87. The van der Waals surface area contributed by atoms with Crippen molar-refractivity contribution >= 4 is 5.97 Å². The van der Waals surface area contributed by atoms with Gasteiger partial charge in [-0.3, -0.25) is 4.79 Å². The smallest absolute Gasteiger partial charge is 0.316 e. The Labute approximate surface area is 118 Å². The summed E-state index contributed by atoms with van der Waals surface area (Å²) in [5.41, 5.74) is 0. The molecule has 1 atom stereocenters. The Balaban J connectivity index is 1.98. The summed E-state index contributed by atoms with van der Waals surface area (Å²) in [6, 6.07) is 1.65. The Morgan fingerprint density at radius 2 is 2.25 bits per heavy atom. The largest absolute Gasteiger partial charge is 0.472 e. The second-order valence-electron chi connectivity index (χ2n) is 5.57. The third-order valence-electron chi connectivity index (χ3n) is 3.67. The van der Waals surface area contributed by atoms with Crippen molar-refractivity contribution < 1.29 is 23.9 Å². The van der Waals surface area contributed by atoms with E-state index in [1.807, 2.05) is 13.8 Å². The van der Waals surface area contributed by atoms with Crippen molar-refractivity contribution in [3.63, 3.8) is 0 Å². The molecule has 1 N–H and O–H groups in total. The fraction of sp³-hybridized carbons (Fsp3) is 0.714. The van der Waals surface area contributed by atoms with E-state index in [9.17, 15) is 4.79 Å². The van der Waals surface area contributed by atoms with E-state index in [0.29, 0.717) is 17.6 Å². The van der Waals surface area contributed by atoms with E-state index >= 15 is 0 Å². The van der Waals surface area contributed by atoms with Crippen molar-refractivity contribution in [3.05, 3.63) is 11.8 Å². The molecule has 2 rings (SSSR count). The molecule has 0 spiro atoms. The zero-order chi connectivity index (χ0) is 14.7. The zero-order valence-electron chi connectivity index (χ0n) is 12.0. The summed E-state index contributed by atoms with van der Waals surface area (Å²) in [6.07, 6.45) is 1.72. The monoisotopic (exact) mass is 283 g/mol. The van der Waals surface area contributed by atoms with Gasteiger partial charge in [0.05, 0.1) is 7.11 Å². The van der Waals surface area contributed by atoms with E-state index in [1.165, 1.54) is 7.11 Å². The van der Waals surface area contributed by atoms with Gasteiger partial charge in [0.15, 0.2) is 5.76 Å². The van der Waals surface area contributed by atoms with Gasteiger partial charge in [0.1, 0.15) is 12.0 Å². The van der Waals surface area contributed by atoms with Crippen LogP contribution in [-0.2, 0) is 9.53 Å². The predicted molar refractivity (Wildman–Crippen MR) is 70.3 cm³/mol.